The number of nitrogens with zero attached hydrogens (tertiary/aromatic N) is 2. The van der Waals surface area contributed by atoms with E-state index in [-0.39, 0.29) is 0 Å². The third kappa shape index (κ3) is 2.13. The molecule has 1 saturated heterocycles. The Morgan fingerprint density at radius 1 is 1.15 bits per heavy atom. The molecule has 0 N–H and O–H groups in total. The second-order valence-corrected chi connectivity index (χ2v) is 3.76. The van der Waals surface area contributed by atoms with Gasteiger partial charge in [-0.05, 0) is 26.0 Å². The molecule has 1 aliphatic carbocycles. The van der Waals surface area contributed by atoms with Gasteiger partial charge in [0.25, 0.3) is 0 Å². The fraction of sp³-hybridized carbons (Fsp3) is 0.545. The standard InChI is InChI=1S/C11H17N2/c1-12-7-9-13(10-8-12)11-5-3-2-4-6-11/h3-6H,2,7-10H2,1H3. The molecule has 0 unspecified atom stereocenters. The highest BCUT2D eigenvalue weighted by atomic mass is 15.2. The minimum Gasteiger partial charge on any atom is -0.369 e. The van der Waals surface area contributed by atoms with Crippen LogP contribution in [0.25, 0.3) is 0 Å². The van der Waals surface area contributed by atoms with E-state index in [0.717, 1.165) is 6.42 Å². The Labute approximate surface area is 80.5 Å². The van der Waals surface area contributed by atoms with Crippen molar-refractivity contribution in [1.29, 1.82) is 0 Å². The molecule has 0 aromatic carbocycles. The van der Waals surface area contributed by atoms with E-state index in [1.54, 1.807) is 0 Å². The van der Waals surface area contributed by atoms with E-state index in [1.807, 2.05) is 0 Å². The van der Waals surface area contributed by atoms with E-state index < -0.39 is 0 Å². The van der Waals surface area contributed by atoms with Crippen LogP contribution >= 0.6 is 0 Å². The zero-order valence-electron chi connectivity index (χ0n) is 8.24. The molecule has 2 rings (SSSR count). The van der Waals surface area contributed by atoms with Crippen molar-refractivity contribution >= 4 is 0 Å². The first-order valence-electron chi connectivity index (χ1n) is 5.00. The Balaban J connectivity index is 1.94. The lowest BCUT2D eigenvalue weighted by molar-refractivity contribution is 0.190. The molecule has 0 amide bonds. The smallest absolute Gasteiger partial charge is 0.0326 e. The normalized spacial score (nSPS) is 24.7. The van der Waals surface area contributed by atoms with Crippen LogP contribution in [0.3, 0.4) is 0 Å². The van der Waals surface area contributed by atoms with E-state index in [2.05, 4.69) is 41.5 Å². The molecule has 2 nitrogen and oxygen atoms in total. The summed E-state index contributed by atoms with van der Waals surface area (Å²) in [6.07, 6.45) is 10.0. The van der Waals surface area contributed by atoms with E-state index in [0.29, 0.717) is 0 Å². The van der Waals surface area contributed by atoms with Crippen molar-refractivity contribution in [2.75, 3.05) is 33.2 Å². The predicted octanol–water partition coefficient (Wildman–Crippen LogP) is 1.28. The van der Waals surface area contributed by atoms with Crippen LogP contribution in [0.5, 0.6) is 0 Å². The summed E-state index contributed by atoms with van der Waals surface area (Å²) in [5, 5.41) is 0. The largest absolute Gasteiger partial charge is 0.369 e. The van der Waals surface area contributed by atoms with Gasteiger partial charge in [0.1, 0.15) is 0 Å². The van der Waals surface area contributed by atoms with Crippen LogP contribution < -0.4 is 0 Å². The highest BCUT2D eigenvalue weighted by Gasteiger charge is 2.14. The number of rotatable bonds is 1. The van der Waals surface area contributed by atoms with E-state index in [1.165, 1.54) is 31.9 Å². The Morgan fingerprint density at radius 2 is 1.92 bits per heavy atom. The number of likely N-dealkylation sites (N-methyl/N-ethyl adjacent to an activating group) is 1. The van der Waals surface area contributed by atoms with Crippen LogP contribution in [0, 0.1) is 6.42 Å². The first-order chi connectivity index (χ1) is 6.36. The van der Waals surface area contributed by atoms with Gasteiger partial charge >= 0.3 is 0 Å². The quantitative estimate of drug-likeness (QED) is 0.595. The number of hydrogen-bond donors (Lipinski definition) is 0. The molecule has 0 aromatic rings. The maximum atomic E-state index is 2.46. The van der Waals surface area contributed by atoms with Gasteiger partial charge in [0.15, 0.2) is 0 Å². The average molecular weight is 177 g/mol. The molecule has 0 saturated carbocycles. The first kappa shape index (κ1) is 8.82. The maximum absolute atomic E-state index is 2.46. The summed E-state index contributed by atoms with van der Waals surface area (Å²) in [5.41, 5.74) is 1.39. The van der Waals surface area contributed by atoms with Gasteiger partial charge in [0.05, 0.1) is 0 Å². The summed E-state index contributed by atoms with van der Waals surface area (Å²) in [7, 11) is 2.19. The molecule has 0 bridgehead atoms. The van der Waals surface area contributed by atoms with E-state index >= 15 is 0 Å². The second-order valence-electron chi connectivity index (χ2n) is 3.76. The molecule has 1 heterocycles. The van der Waals surface area contributed by atoms with Crippen molar-refractivity contribution in [3.63, 3.8) is 0 Å². The molecule has 0 spiro atoms. The minimum absolute atomic E-state index is 1.09. The number of piperazine rings is 1. The minimum atomic E-state index is 1.09. The molecule has 13 heavy (non-hydrogen) atoms. The van der Waals surface area contributed by atoms with Gasteiger partial charge in [0.2, 0.25) is 0 Å². The van der Waals surface area contributed by atoms with Crippen LogP contribution in [-0.4, -0.2) is 43.0 Å². The van der Waals surface area contributed by atoms with Crippen molar-refractivity contribution in [1.82, 2.24) is 9.80 Å². The lowest BCUT2D eigenvalue weighted by Gasteiger charge is -2.35. The zero-order chi connectivity index (χ0) is 9.10. The van der Waals surface area contributed by atoms with Crippen LogP contribution in [0.2, 0.25) is 0 Å². The fourth-order valence-corrected chi connectivity index (χ4v) is 1.79. The lowest BCUT2D eigenvalue weighted by atomic mass is 10.1. The molecule has 2 aliphatic rings. The SMILES string of the molecule is CN1CCN(C2=C[CH]CC=C2)CC1. The van der Waals surface area contributed by atoms with Crippen molar-refractivity contribution in [3.8, 4) is 0 Å². The Morgan fingerprint density at radius 3 is 2.54 bits per heavy atom. The van der Waals surface area contributed by atoms with Crippen molar-refractivity contribution < 1.29 is 0 Å². The molecule has 1 fully saturated rings. The highest BCUT2D eigenvalue weighted by molar-refractivity contribution is 5.26. The summed E-state index contributed by atoms with van der Waals surface area (Å²) in [6.45, 7) is 4.71. The molecule has 2 heteroatoms. The molecule has 71 valence electrons. The summed E-state index contributed by atoms with van der Waals surface area (Å²) in [5.74, 6) is 0. The molecule has 1 aliphatic heterocycles. The van der Waals surface area contributed by atoms with Gasteiger partial charge in [-0.2, -0.15) is 0 Å². The van der Waals surface area contributed by atoms with Crippen LogP contribution in [-0.2, 0) is 0 Å². The third-order valence-electron chi connectivity index (χ3n) is 2.72. The Kier molecular flexibility index (Phi) is 2.69. The first-order valence-corrected chi connectivity index (χ1v) is 5.00. The van der Waals surface area contributed by atoms with Crippen molar-refractivity contribution in [2.45, 2.75) is 6.42 Å². The van der Waals surface area contributed by atoms with Crippen molar-refractivity contribution in [3.05, 3.63) is 30.3 Å². The summed E-state index contributed by atoms with van der Waals surface area (Å²) >= 11 is 0. The second kappa shape index (κ2) is 3.97. The Bertz CT molecular complexity index is 222. The van der Waals surface area contributed by atoms with Gasteiger partial charge in [-0.3, -0.25) is 0 Å². The monoisotopic (exact) mass is 177 g/mol. The van der Waals surface area contributed by atoms with Gasteiger partial charge in [-0.15, -0.1) is 0 Å². The fourth-order valence-electron chi connectivity index (χ4n) is 1.79. The summed E-state index contributed by atoms with van der Waals surface area (Å²) < 4.78 is 0. The molecular formula is C11H17N2. The molecule has 1 radical (unpaired) electrons. The summed E-state index contributed by atoms with van der Waals surface area (Å²) in [4.78, 5) is 4.85. The van der Waals surface area contributed by atoms with Crippen LogP contribution in [0.4, 0.5) is 0 Å². The molecule has 0 aromatic heterocycles. The van der Waals surface area contributed by atoms with E-state index in [9.17, 15) is 0 Å². The van der Waals surface area contributed by atoms with Crippen molar-refractivity contribution in [2.24, 2.45) is 0 Å². The lowest BCUT2D eigenvalue weighted by Crippen LogP contribution is -2.43. The van der Waals surface area contributed by atoms with Gasteiger partial charge in [-0.25, -0.2) is 0 Å². The van der Waals surface area contributed by atoms with Gasteiger partial charge in [-0.1, -0.05) is 12.2 Å². The van der Waals surface area contributed by atoms with Gasteiger partial charge < -0.3 is 9.80 Å². The summed E-state index contributed by atoms with van der Waals surface area (Å²) in [6, 6.07) is 0. The van der Waals surface area contributed by atoms with Crippen LogP contribution in [0.15, 0.2) is 23.9 Å². The highest BCUT2D eigenvalue weighted by Crippen LogP contribution is 2.15. The van der Waals surface area contributed by atoms with E-state index in [4.69, 9.17) is 0 Å². The van der Waals surface area contributed by atoms with Gasteiger partial charge in [0, 0.05) is 31.9 Å². The number of allylic oxidation sites excluding steroid dienone is 3. The topological polar surface area (TPSA) is 6.48 Å². The maximum Gasteiger partial charge on any atom is 0.0326 e. The van der Waals surface area contributed by atoms with Crippen LogP contribution in [0.1, 0.15) is 6.42 Å². The Hall–Kier alpha value is -0.760. The predicted molar refractivity (Wildman–Crippen MR) is 55.2 cm³/mol. The number of hydrogen-bond acceptors (Lipinski definition) is 2. The molecule has 0 atom stereocenters. The zero-order valence-corrected chi connectivity index (χ0v) is 8.24. The third-order valence-corrected chi connectivity index (χ3v) is 2.72. The average Bonchev–Trinajstić information content (AvgIpc) is 2.20. The molecular weight excluding hydrogens is 160 g/mol.